The number of nitrogens with zero attached hydrogens (tertiary/aromatic N) is 2. The largest absolute Gasteiger partial charge is 0.334 e. The molecule has 1 aliphatic heterocycles. The van der Waals surface area contributed by atoms with Crippen molar-refractivity contribution >= 4 is 45.4 Å². The summed E-state index contributed by atoms with van der Waals surface area (Å²) in [6, 6.07) is 4.36. The Labute approximate surface area is 153 Å². The summed E-state index contributed by atoms with van der Waals surface area (Å²) < 4.78 is 0.834. The first kappa shape index (κ1) is 17.6. The van der Waals surface area contributed by atoms with Crippen LogP contribution in [0.3, 0.4) is 0 Å². The van der Waals surface area contributed by atoms with E-state index in [-0.39, 0.29) is 6.04 Å². The first-order valence-electron chi connectivity index (χ1n) is 8.13. The SMILES string of the molecule is Cc1ccc(NC(=O)CN2C(=O)C(=O)N(C3CCCC3)C2=O)cc1Br. The molecule has 1 heterocycles. The Hall–Kier alpha value is -2.22. The molecule has 0 unspecified atom stereocenters. The van der Waals surface area contributed by atoms with Crippen molar-refractivity contribution in [3.8, 4) is 0 Å². The first-order chi connectivity index (χ1) is 11.9. The van der Waals surface area contributed by atoms with E-state index in [4.69, 9.17) is 0 Å². The molecule has 1 saturated heterocycles. The van der Waals surface area contributed by atoms with Crippen LogP contribution in [0.25, 0.3) is 0 Å². The van der Waals surface area contributed by atoms with Gasteiger partial charge in [-0.25, -0.2) is 9.69 Å². The van der Waals surface area contributed by atoms with Gasteiger partial charge in [-0.05, 0) is 37.5 Å². The fourth-order valence-corrected chi connectivity index (χ4v) is 3.54. The van der Waals surface area contributed by atoms with E-state index in [0.717, 1.165) is 32.7 Å². The summed E-state index contributed by atoms with van der Waals surface area (Å²) in [4.78, 5) is 50.6. The van der Waals surface area contributed by atoms with Gasteiger partial charge in [0.05, 0.1) is 0 Å². The van der Waals surface area contributed by atoms with Gasteiger partial charge in [-0.15, -0.1) is 0 Å². The first-order valence-corrected chi connectivity index (χ1v) is 8.93. The number of halogens is 1. The normalized spacial score (nSPS) is 18.4. The van der Waals surface area contributed by atoms with Gasteiger partial charge in [0.1, 0.15) is 6.54 Å². The van der Waals surface area contributed by atoms with Crippen molar-refractivity contribution in [3.05, 3.63) is 28.2 Å². The van der Waals surface area contributed by atoms with Gasteiger partial charge in [0.2, 0.25) is 5.91 Å². The van der Waals surface area contributed by atoms with Crippen LogP contribution in [0.1, 0.15) is 31.2 Å². The molecule has 0 atom stereocenters. The predicted molar refractivity (Wildman–Crippen MR) is 93.7 cm³/mol. The molecule has 8 heteroatoms. The molecule has 7 nitrogen and oxygen atoms in total. The maximum Gasteiger partial charge on any atom is 0.334 e. The number of anilines is 1. The summed E-state index contributed by atoms with van der Waals surface area (Å²) in [6.07, 6.45) is 3.28. The minimum absolute atomic E-state index is 0.231. The molecule has 2 aliphatic rings. The molecular formula is C17H18BrN3O4. The third-order valence-electron chi connectivity index (χ3n) is 4.53. The molecule has 0 radical (unpaired) electrons. The lowest BCUT2D eigenvalue weighted by molar-refractivity contribution is -0.144. The highest BCUT2D eigenvalue weighted by Crippen LogP contribution is 2.27. The molecule has 1 aromatic rings. The van der Waals surface area contributed by atoms with Gasteiger partial charge in [-0.2, -0.15) is 0 Å². The number of benzene rings is 1. The zero-order valence-corrected chi connectivity index (χ0v) is 15.3. The number of carbonyl (C=O) groups excluding carboxylic acids is 4. The number of carbonyl (C=O) groups is 4. The van der Waals surface area contributed by atoms with Crippen LogP contribution in [-0.4, -0.2) is 46.1 Å². The van der Waals surface area contributed by atoms with Gasteiger partial charge in [0.15, 0.2) is 0 Å². The second-order valence-corrected chi connectivity index (χ2v) is 7.15. The second kappa shape index (κ2) is 6.95. The molecule has 1 saturated carbocycles. The Morgan fingerprint density at radius 2 is 1.88 bits per heavy atom. The van der Waals surface area contributed by atoms with Crippen molar-refractivity contribution in [3.63, 3.8) is 0 Å². The van der Waals surface area contributed by atoms with Crippen molar-refractivity contribution in [2.24, 2.45) is 0 Å². The van der Waals surface area contributed by atoms with Gasteiger partial charge in [0.25, 0.3) is 0 Å². The molecule has 1 aromatic carbocycles. The summed E-state index contributed by atoms with van der Waals surface area (Å²) in [6.45, 7) is 1.44. The van der Waals surface area contributed by atoms with Crippen LogP contribution in [0.5, 0.6) is 0 Å². The van der Waals surface area contributed by atoms with E-state index < -0.39 is 30.3 Å². The third-order valence-corrected chi connectivity index (χ3v) is 5.39. The van der Waals surface area contributed by atoms with E-state index in [1.807, 2.05) is 13.0 Å². The van der Waals surface area contributed by atoms with E-state index in [1.165, 1.54) is 0 Å². The average Bonchev–Trinajstić information content (AvgIpc) is 3.15. The van der Waals surface area contributed by atoms with Gasteiger partial charge in [-0.1, -0.05) is 34.8 Å². The smallest absolute Gasteiger partial charge is 0.324 e. The van der Waals surface area contributed by atoms with Crippen LogP contribution in [0.15, 0.2) is 22.7 Å². The van der Waals surface area contributed by atoms with Gasteiger partial charge < -0.3 is 5.32 Å². The van der Waals surface area contributed by atoms with E-state index >= 15 is 0 Å². The standard InChI is InChI=1S/C17H18BrN3O4/c1-10-6-7-11(8-13(10)18)19-14(22)9-20-15(23)16(24)21(17(20)25)12-4-2-3-5-12/h6-8,12H,2-5,9H2,1H3,(H,19,22). The fraction of sp³-hybridized carbons (Fsp3) is 0.412. The number of imide groups is 2. The molecule has 0 aromatic heterocycles. The van der Waals surface area contributed by atoms with Crippen molar-refractivity contribution < 1.29 is 19.2 Å². The van der Waals surface area contributed by atoms with E-state index in [2.05, 4.69) is 21.2 Å². The number of hydrogen-bond acceptors (Lipinski definition) is 4. The highest BCUT2D eigenvalue weighted by molar-refractivity contribution is 9.10. The highest BCUT2D eigenvalue weighted by Gasteiger charge is 2.48. The molecule has 1 N–H and O–H groups in total. The topological polar surface area (TPSA) is 86.8 Å². The zero-order valence-electron chi connectivity index (χ0n) is 13.8. The van der Waals surface area contributed by atoms with Crippen LogP contribution >= 0.6 is 15.9 Å². The summed E-state index contributed by atoms with van der Waals surface area (Å²) in [5.74, 6) is -2.29. The molecule has 3 rings (SSSR count). The molecule has 2 fully saturated rings. The number of aryl methyl sites for hydroxylation is 1. The lowest BCUT2D eigenvalue weighted by Gasteiger charge is -2.20. The number of rotatable bonds is 4. The molecule has 25 heavy (non-hydrogen) atoms. The van der Waals surface area contributed by atoms with Crippen molar-refractivity contribution in [1.82, 2.24) is 9.80 Å². The molecule has 0 bridgehead atoms. The number of amides is 5. The number of nitrogens with one attached hydrogen (secondary N) is 1. The minimum atomic E-state index is -0.933. The third kappa shape index (κ3) is 3.44. The van der Waals surface area contributed by atoms with Crippen LogP contribution in [0.4, 0.5) is 10.5 Å². The van der Waals surface area contributed by atoms with Crippen LogP contribution in [0.2, 0.25) is 0 Å². The summed E-state index contributed by atoms with van der Waals surface area (Å²) in [5, 5.41) is 2.63. The lowest BCUT2D eigenvalue weighted by Crippen LogP contribution is -2.41. The maximum atomic E-state index is 12.4. The number of hydrogen-bond donors (Lipinski definition) is 1. The Morgan fingerprint density at radius 1 is 1.20 bits per heavy atom. The van der Waals surface area contributed by atoms with Gasteiger partial charge >= 0.3 is 17.8 Å². The van der Waals surface area contributed by atoms with Crippen LogP contribution < -0.4 is 5.32 Å². The monoisotopic (exact) mass is 407 g/mol. The second-order valence-electron chi connectivity index (χ2n) is 6.30. The van der Waals surface area contributed by atoms with Crippen LogP contribution in [-0.2, 0) is 14.4 Å². The molecule has 132 valence electrons. The van der Waals surface area contributed by atoms with Crippen molar-refractivity contribution in [1.29, 1.82) is 0 Å². The molecular weight excluding hydrogens is 390 g/mol. The Kier molecular flexibility index (Phi) is 4.89. The van der Waals surface area contributed by atoms with Gasteiger partial charge in [0, 0.05) is 16.2 Å². The molecule has 1 aliphatic carbocycles. The Balaban J connectivity index is 1.68. The zero-order chi connectivity index (χ0) is 18.1. The number of urea groups is 1. The van der Waals surface area contributed by atoms with Crippen molar-refractivity contribution in [2.75, 3.05) is 11.9 Å². The quantitative estimate of drug-likeness (QED) is 0.613. The van der Waals surface area contributed by atoms with E-state index in [0.29, 0.717) is 18.5 Å². The summed E-state index contributed by atoms with van der Waals surface area (Å²) >= 11 is 3.38. The minimum Gasteiger partial charge on any atom is -0.324 e. The Morgan fingerprint density at radius 3 is 2.52 bits per heavy atom. The summed E-state index contributed by atoms with van der Waals surface area (Å²) in [5.41, 5.74) is 1.56. The Bertz CT molecular complexity index is 758. The van der Waals surface area contributed by atoms with Crippen LogP contribution in [0, 0.1) is 6.92 Å². The summed E-state index contributed by atoms with van der Waals surface area (Å²) in [7, 11) is 0. The van der Waals surface area contributed by atoms with E-state index in [9.17, 15) is 19.2 Å². The highest BCUT2D eigenvalue weighted by atomic mass is 79.9. The average molecular weight is 408 g/mol. The molecule has 5 amide bonds. The lowest BCUT2D eigenvalue weighted by atomic mass is 10.2. The fourth-order valence-electron chi connectivity index (χ4n) is 3.16. The maximum absolute atomic E-state index is 12.4. The van der Waals surface area contributed by atoms with E-state index in [1.54, 1.807) is 12.1 Å². The predicted octanol–water partition coefficient (Wildman–Crippen LogP) is 2.43. The van der Waals surface area contributed by atoms with Crippen molar-refractivity contribution in [2.45, 2.75) is 38.6 Å². The van der Waals surface area contributed by atoms with Gasteiger partial charge in [-0.3, -0.25) is 19.3 Å². The molecule has 0 spiro atoms.